The van der Waals surface area contributed by atoms with Crippen molar-refractivity contribution < 1.29 is 32.5 Å². The Morgan fingerprint density at radius 1 is 0.806 bits per heavy atom. The highest BCUT2D eigenvalue weighted by molar-refractivity contribution is 7.47. The highest BCUT2D eigenvalue weighted by Gasteiger charge is 2.42. The van der Waals surface area contributed by atoms with Crippen molar-refractivity contribution in [3.8, 4) is 34.8 Å². The van der Waals surface area contributed by atoms with Gasteiger partial charge in [-0.3, -0.25) is 0 Å². The second-order valence-corrected chi connectivity index (χ2v) is 9.24. The van der Waals surface area contributed by atoms with E-state index in [1.165, 1.54) is 28.9 Å². The summed E-state index contributed by atoms with van der Waals surface area (Å²) in [7, 11) is -0.814. The summed E-state index contributed by atoms with van der Waals surface area (Å²) in [5.41, 5.74) is 0.319. The number of nitriles is 1. The molecule has 0 unspecified atom stereocenters. The first-order chi connectivity index (χ1) is 17.3. The molecule has 36 heavy (non-hydrogen) atoms. The van der Waals surface area contributed by atoms with E-state index in [1.807, 2.05) is 6.07 Å². The number of rotatable bonds is 7. The summed E-state index contributed by atoms with van der Waals surface area (Å²) in [5.74, 6) is 1.92. The van der Waals surface area contributed by atoms with Crippen LogP contribution in [0.2, 0.25) is 5.02 Å². The Labute approximate surface area is 214 Å². The van der Waals surface area contributed by atoms with E-state index >= 15 is 0 Å². The normalized spacial score (nSPS) is 10.3. The molecule has 3 aromatic carbocycles. The molecule has 0 aliphatic carbocycles. The fourth-order valence-corrected chi connectivity index (χ4v) is 4.40. The van der Waals surface area contributed by atoms with Crippen molar-refractivity contribution in [1.82, 2.24) is 0 Å². The molecule has 0 aliphatic heterocycles. The van der Waals surface area contributed by atoms with Crippen LogP contribution in [-0.2, 0) is 4.57 Å². The monoisotopic (exact) mass is 524 g/mol. The maximum atomic E-state index is 13.7. The van der Waals surface area contributed by atoms with Crippen molar-refractivity contribution >= 4 is 19.3 Å². The molecular weight excluding hydrogens is 503 g/mol. The fourth-order valence-electron chi connectivity index (χ4n) is 2.77. The molecule has 0 aliphatic rings. The summed E-state index contributed by atoms with van der Waals surface area (Å²) in [6.45, 7) is 0. The van der Waals surface area contributed by atoms with E-state index in [0.29, 0.717) is 33.6 Å². The fraction of sp³-hybridized carbons (Fsp3) is 0.0769. The van der Waals surface area contributed by atoms with Crippen molar-refractivity contribution in [1.29, 1.82) is 5.26 Å². The minimum atomic E-state index is -3.92. The van der Waals surface area contributed by atoms with E-state index in [1.54, 1.807) is 87.0 Å². The first kappa shape index (κ1) is 26.4. The van der Waals surface area contributed by atoms with Crippen molar-refractivity contribution in [3.05, 3.63) is 108 Å². The molecule has 8 nitrogen and oxygen atoms in total. The minimum Gasteiger partial charge on any atom is -0.872 e. The molecule has 0 saturated heterocycles. The van der Waals surface area contributed by atoms with Crippen LogP contribution in [0.15, 0.2) is 97.3 Å². The molecule has 0 amide bonds. The highest BCUT2D eigenvalue weighted by atomic mass is 35.5. The number of hydrogen-bond acceptors (Lipinski definition) is 7. The molecule has 4 rings (SSSR count). The highest BCUT2D eigenvalue weighted by Crippen LogP contribution is 2.44. The van der Waals surface area contributed by atoms with Gasteiger partial charge >= 0.3 is 7.75 Å². The molecular formula is C26H22ClN2O6P. The zero-order chi connectivity index (χ0) is 26.0. The van der Waals surface area contributed by atoms with Crippen LogP contribution in [0.5, 0.6) is 28.7 Å². The molecule has 184 valence electrons. The van der Waals surface area contributed by atoms with Gasteiger partial charge < -0.3 is 23.6 Å². The average Bonchev–Trinajstić information content (AvgIpc) is 2.91. The molecule has 0 spiro atoms. The van der Waals surface area contributed by atoms with E-state index in [-0.39, 0.29) is 5.75 Å². The Balaban J connectivity index is 0.000000383. The number of ether oxygens (including phenoxy) is 2. The van der Waals surface area contributed by atoms with Gasteiger partial charge in [-0.1, -0.05) is 28.1 Å². The summed E-state index contributed by atoms with van der Waals surface area (Å²) < 4.78 is 36.7. The van der Waals surface area contributed by atoms with Gasteiger partial charge in [0.25, 0.3) is 0 Å². The molecule has 0 atom stereocenters. The predicted molar refractivity (Wildman–Crippen MR) is 132 cm³/mol. The third kappa shape index (κ3) is 7.41. The number of aromatic nitrogens is 1. The van der Waals surface area contributed by atoms with Crippen molar-refractivity contribution in [3.63, 3.8) is 0 Å². The molecule has 1 heterocycles. The lowest BCUT2D eigenvalue weighted by molar-refractivity contribution is -0.536. The summed E-state index contributed by atoms with van der Waals surface area (Å²) in [4.78, 5) is 0. The maximum Gasteiger partial charge on any atom is 0.728 e. The number of pyridine rings is 1. The third-order valence-corrected chi connectivity index (χ3v) is 6.52. The van der Waals surface area contributed by atoms with Crippen LogP contribution in [0, 0.1) is 11.3 Å². The number of halogens is 1. The van der Waals surface area contributed by atoms with E-state index in [9.17, 15) is 9.67 Å². The zero-order valence-electron chi connectivity index (χ0n) is 19.4. The molecule has 0 saturated carbocycles. The van der Waals surface area contributed by atoms with Gasteiger partial charge in [0.05, 0.1) is 14.2 Å². The molecule has 10 heteroatoms. The Bertz CT molecular complexity index is 1280. The summed E-state index contributed by atoms with van der Waals surface area (Å²) >= 11 is 5.47. The molecule has 0 radical (unpaired) electrons. The predicted octanol–water partition coefficient (Wildman–Crippen LogP) is 5.39. The molecule has 0 fully saturated rings. The summed E-state index contributed by atoms with van der Waals surface area (Å²) in [5, 5.41) is 20.1. The molecule has 4 aromatic rings. The van der Waals surface area contributed by atoms with Gasteiger partial charge in [0, 0.05) is 11.1 Å². The van der Waals surface area contributed by atoms with E-state index < -0.39 is 7.75 Å². The molecule has 1 aromatic heterocycles. The Morgan fingerprint density at radius 2 is 1.28 bits per heavy atom. The van der Waals surface area contributed by atoms with Crippen molar-refractivity contribution in [2.24, 2.45) is 0 Å². The van der Waals surface area contributed by atoms with Gasteiger partial charge in [0.1, 0.15) is 34.6 Å². The average molecular weight is 525 g/mol. The number of methoxy groups -OCH3 is 2. The second kappa shape index (κ2) is 12.5. The summed E-state index contributed by atoms with van der Waals surface area (Å²) in [6.07, 6.45) is 2.93. The van der Waals surface area contributed by atoms with Crippen LogP contribution >= 0.6 is 19.3 Å². The number of nitrogens with zero attached hydrogens (tertiary/aromatic N) is 2. The van der Waals surface area contributed by atoms with Gasteiger partial charge in [-0.15, -0.1) is 5.75 Å². The lowest BCUT2D eigenvalue weighted by atomic mass is 10.3. The first-order valence-electron chi connectivity index (χ1n) is 10.5. The zero-order valence-corrected chi connectivity index (χ0v) is 21.1. The van der Waals surface area contributed by atoms with Gasteiger partial charge in [-0.25, -0.2) is 0 Å². The van der Waals surface area contributed by atoms with Crippen LogP contribution in [0.25, 0.3) is 0 Å². The summed E-state index contributed by atoms with van der Waals surface area (Å²) in [6, 6.07) is 24.4. The van der Waals surface area contributed by atoms with Crippen LogP contribution < -0.4 is 28.0 Å². The first-order valence-corrected chi connectivity index (χ1v) is 12.3. The maximum absolute atomic E-state index is 13.7. The van der Waals surface area contributed by atoms with E-state index in [2.05, 4.69) is 0 Å². The van der Waals surface area contributed by atoms with Gasteiger partial charge in [-0.2, -0.15) is 9.83 Å². The standard InChI is InChI=1S/C20H18N2O5P.C6H5ClO/c1-24-17-5-9-19(10-6-17)26-28(23,22-13-3-4-16(14-21)15-22)27-20-11-7-18(25-2)8-12-20;7-5-1-3-6(8)4-2-5/h3-13,15H,1-2H3;1-4,8H/q+1;/p-1. The van der Waals surface area contributed by atoms with Crippen LogP contribution in [-0.4, -0.2) is 14.2 Å². The van der Waals surface area contributed by atoms with Crippen LogP contribution in [0.4, 0.5) is 0 Å². The number of benzene rings is 3. The second-order valence-electron chi connectivity index (χ2n) is 7.04. The van der Waals surface area contributed by atoms with Gasteiger partial charge in [0.15, 0.2) is 12.4 Å². The van der Waals surface area contributed by atoms with Gasteiger partial charge in [0.2, 0.25) is 0 Å². The minimum absolute atomic E-state index is 0.00519. The largest absolute Gasteiger partial charge is 0.872 e. The van der Waals surface area contributed by atoms with Crippen molar-refractivity contribution in [2.45, 2.75) is 0 Å². The van der Waals surface area contributed by atoms with E-state index in [4.69, 9.17) is 35.4 Å². The smallest absolute Gasteiger partial charge is 0.728 e. The Kier molecular flexibility index (Phi) is 9.18. The van der Waals surface area contributed by atoms with E-state index in [0.717, 1.165) is 0 Å². The van der Waals surface area contributed by atoms with Gasteiger partial charge in [-0.05, 0) is 66.7 Å². The molecule has 0 bridgehead atoms. The quantitative estimate of drug-likeness (QED) is 0.298. The Hall–Kier alpha value is -4.18. The van der Waals surface area contributed by atoms with Crippen LogP contribution in [0.1, 0.15) is 5.56 Å². The third-order valence-electron chi connectivity index (χ3n) is 4.57. The number of hydrogen-bond donors (Lipinski definition) is 0. The Morgan fingerprint density at radius 3 is 1.69 bits per heavy atom. The molecule has 0 N–H and O–H groups in total. The topological polar surface area (TPSA) is 105 Å². The SMILES string of the molecule is COc1ccc(OP(=O)(Oc2ccc(OC)cc2)[n+]2cccc(C#N)c2)cc1.[O-]c1ccc(Cl)cc1. The lowest BCUT2D eigenvalue weighted by Crippen LogP contribution is -2.35. The lowest BCUT2D eigenvalue weighted by Gasteiger charge is -2.14. The van der Waals surface area contributed by atoms with Crippen molar-refractivity contribution in [2.75, 3.05) is 14.2 Å². The van der Waals surface area contributed by atoms with Crippen LogP contribution in [0.3, 0.4) is 0 Å².